The summed E-state index contributed by atoms with van der Waals surface area (Å²) in [6.07, 6.45) is 8.21. The molecule has 0 N–H and O–H groups in total. The second-order valence-corrected chi connectivity index (χ2v) is 8.95. The van der Waals surface area contributed by atoms with Gasteiger partial charge in [0.25, 0.3) is 0 Å². The molecule has 1 fully saturated rings. The number of ether oxygens (including phenoxy) is 2. The maximum Gasteiger partial charge on any atom is 0.410 e. The van der Waals surface area contributed by atoms with E-state index in [1.165, 1.54) is 5.56 Å². The topological polar surface area (TPSA) is 38.8 Å². The number of amides is 1. The van der Waals surface area contributed by atoms with Gasteiger partial charge in [-0.1, -0.05) is 42.5 Å². The first-order chi connectivity index (χ1) is 13.8. The Morgan fingerprint density at radius 2 is 1.83 bits per heavy atom. The molecule has 1 atom stereocenters. The van der Waals surface area contributed by atoms with Gasteiger partial charge in [-0.05, 0) is 58.4 Å². The first-order valence-corrected chi connectivity index (χ1v) is 10.6. The predicted molar refractivity (Wildman–Crippen MR) is 119 cm³/mol. The Balaban J connectivity index is 2.13. The van der Waals surface area contributed by atoms with Crippen molar-refractivity contribution in [3.63, 3.8) is 0 Å². The second kappa shape index (κ2) is 10.6. The molecule has 1 amide bonds. The van der Waals surface area contributed by atoms with Crippen molar-refractivity contribution in [3.05, 3.63) is 61.2 Å². The zero-order valence-electron chi connectivity index (χ0n) is 18.4. The monoisotopic (exact) mass is 399 g/mol. The van der Waals surface area contributed by atoms with Gasteiger partial charge < -0.3 is 14.4 Å². The van der Waals surface area contributed by atoms with Crippen LogP contribution in [0.5, 0.6) is 0 Å². The van der Waals surface area contributed by atoms with Gasteiger partial charge in [0.1, 0.15) is 5.60 Å². The Kier molecular flexibility index (Phi) is 8.51. The zero-order chi connectivity index (χ0) is 21.3. The van der Waals surface area contributed by atoms with Crippen LogP contribution in [0, 0.1) is 5.41 Å². The Morgan fingerprint density at radius 1 is 1.17 bits per heavy atom. The molecule has 0 aliphatic carbocycles. The molecule has 1 aliphatic heterocycles. The van der Waals surface area contributed by atoms with Crippen LogP contribution < -0.4 is 0 Å². The molecular weight excluding hydrogens is 362 g/mol. The van der Waals surface area contributed by atoms with Gasteiger partial charge in [0, 0.05) is 18.5 Å². The lowest BCUT2D eigenvalue weighted by atomic mass is 9.69. The SMILES string of the molecule is C=CCOC(CC=C)C1(CCc2ccccc2)CCN(C(=O)OC(C)(C)C)CC1. The van der Waals surface area contributed by atoms with Gasteiger partial charge in [-0.2, -0.15) is 0 Å². The normalized spacial score (nSPS) is 17.4. The number of benzene rings is 1. The van der Waals surface area contributed by atoms with Crippen molar-refractivity contribution in [2.45, 2.75) is 64.6 Å². The molecule has 2 rings (SSSR count). The molecule has 0 radical (unpaired) electrons. The Labute approximate surface area is 176 Å². The standard InChI is InChI=1S/C25H37NO3/c1-6-11-22(28-20-7-2)25(15-14-21-12-9-8-10-13-21)16-18-26(19-17-25)23(27)29-24(3,4)5/h6-10,12-13,22H,1-2,11,14-20H2,3-5H3. The van der Waals surface area contributed by atoms with Crippen molar-refractivity contribution in [3.8, 4) is 0 Å². The van der Waals surface area contributed by atoms with Crippen molar-refractivity contribution in [1.82, 2.24) is 4.90 Å². The molecule has 0 bridgehead atoms. The fourth-order valence-electron chi connectivity index (χ4n) is 4.06. The van der Waals surface area contributed by atoms with Crippen LogP contribution in [0.3, 0.4) is 0 Å². The van der Waals surface area contributed by atoms with Crippen LogP contribution >= 0.6 is 0 Å². The van der Waals surface area contributed by atoms with Gasteiger partial charge in [0.05, 0.1) is 12.7 Å². The van der Waals surface area contributed by atoms with Gasteiger partial charge in [-0.3, -0.25) is 0 Å². The third kappa shape index (κ3) is 7.04. The van der Waals surface area contributed by atoms with E-state index in [1.54, 1.807) is 6.08 Å². The fraction of sp³-hybridized carbons (Fsp3) is 0.560. The first-order valence-electron chi connectivity index (χ1n) is 10.6. The summed E-state index contributed by atoms with van der Waals surface area (Å²) in [5.74, 6) is 0. The summed E-state index contributed by atoms with van der Waals surface area (Å²) < 4.78 is 11.8. The highest BCUT2D eigenvalue weighted by Gasteiger charge is 2.42. The fourth-order valence-corrected chi connectivity index (χ4v) is 4.06. The van der Waals surface area contributed by atoms with E-state index in [0.29, 0.717) is 19.7 Å². The van der Waals surface area contributed by atoms with E-state index in [1.807, 2.05) is 37.8 Å². The average molecular weight is 400 g/mol. The number of carbonyl (C=O) groups excluding carboxylic acids is 1. The lowest BCUT2D eigenvalue weighted by Gasteiger charge is -2.46. The van der Waals surface area contributed by atoms with E-state index in [2.05, 4.69) is 37.4 Å². The summed E-state index contributed by atoms with van der Waals surface area (Å²) in [7, 11) is 0. The van der Waals surface area contributed by atoms with Crippen LogP contribution in [0.2, 0.25) is 0 Å². The molecule has 160 valence electrons. The van der Waals surface area contributed by atoms with Gasteiger partial charge >= 0.3 is 6.09 Å². The molecule has 1 aromatic rings. The minimum absolute atomic E-state index is 0.00551. The molecule has 29 heavy (non-hydrogen) atoms. The summed E-state index contributed by atoms with van der Waals surface area (Å²) in [6.45, 7) is 15.4. The van der Waals surface area contributed by atoms with Crippen LogP contribution in [0.1, 0.15) is 52.0 Å². The van der Waals surface area contributed by atoms with Gasteiger partial charge in [-0.15, -0.1) is 13.2 Å². The van der Waals surface area contributed by atoms with Gasteiger partial charge in [0.15, 0.2) is 0 Å². The molecule has 4 nitrogen and oxygen atoms in total. The van der Waals surface area contributed by atoms with E-state index in [0.717, 1.165) is 32.1 Å². The third-order valence-corrected chi connectivity index (χ3v) is 5.64. The van der Waals surface area contributed by atoms with E-state index < -0.39 is 5.60 Å². The third-order valence-electron chi connectivity index (χ3n) is 5.64. The van der Waals surface area contributed by atoms with E-state index in [-0.39, 0.29) is 17.6 Å². The molecular formula is C25H37NO3. The number of carbonyl (C=O) groups is 1. The van der Waals surface area contributed by atoms with Crippen LogP contribution in [-0.4, -0.2) is 42.4 Å². The molecule has 1 aliphatic rings. The van der Waals surface area contributed by atoms with Gasteiger partial charge in [-0.25, -0.2) is 4.79 Å². The second-order valence-electron chi connectivity index (χ2n) is 8.95. The van der Waals surface area contributed by atoms with Crippen LogP contribution in [0.25, 0.3) is 0 Å². The highest BCUT2D eigenvalue weighted by atomic mass is 16.6. The average Bonchev–Trinajstić information content (AvgIpc) is 2.69. The number of piperidine rings is 1. The number of aryl methyl sites for hydroxylation is 1. The predicted octanol–water partition coefficient (Wildman–Crippen LogP) is 5.78. The number of rotatable bonds is 9. The lowest BCUT2D eigenvalue weighted by Crippen LogP contribution is -2.50. The smallest absolute Gasteiger partial charge is 0.410 e. The lowest BCUT2D eigenvalue weighted by molar-refractivity contribution is -0.0666. The van der Waals surface area contributed by atoms with E-state index >= 15 is 0 Å². The Morgan fingerprint density at radius 3 is 2.38 bits per heavy atom. The zero-order valence-corrected chi connectivity index (χ0v) is 18.4. The Hall–Kier alpha value is -2.07. The number of hydrogen-bond acceptors (Lipinski definition) is 3. The quantitative estimate of drug-likeness (QED) is 0.494. The number of nitrogens with zero attached hydrogens (tertiary/aromatic N) is 1. The van der Waals surface area contributed by atoms with Crippen LogP contribution in [-0.2, 0) is 15.9 Å². The summed E-state index contributed by atoms with van der Waals surface area (Å²) in [4.78, 5) is 14.4. The molecule has 1 heterocycles. The van der Waals surface area contributed by atoms with Crippen molar-refractivity contribution < 1.29 is 14.3 Å². The highest BCUT2D eigenvalue weighted by molar-refractivity contribution is 5.68. The van der Waals surface area contributed by atoms with Gasteiger partial charge in [0.2, 0.25) is 0 Å². The highest BCUT2D eigenvalue weighted by Crippen LogP contribution is 2.42. The first kappa shape index (κ1) is 23.2. The molecule has 1 saturated heterocycles. The molecule has 4 heteroatoms. The van der Waals surface area contributed by atoms with Crippen molar-refractivity contribution in [2.24, 2.45) is 5.41 Å². The molecule has 0 aromatic heterocycles. The van der Waals surface area contributed by atoms with Crippen molar-refractivity contribution >= 4 is 6.09 Å². The number of hydrogen-bond donors (Lipinski definition) is 0. The summed E-state index contributed by atoms with van der Waals surface area (Å²) in [5.41, 5.74) is 0.866. The molecule has 0 spiro atoms. The van der Waals surface area contributed by atoms with Crippen molar-refractivity contribution in [2.75, 3.05) is 19.7 Å². The maximum absolute atomic E-state index is 12.5. The van der Waals surface area contributed by atoms with E-state index in [9.17, 15) is 4.79 Å². The largest absolute Gasteiger partial charge is 0.444 e. The van der Waals surface area contributed by atoms with Crippen LogP contribution in [0.15, 0.2) is 55.6 Å². The molecule has 1 aromatic carbocycles. The van der Waals surface area contributed by atoms with Crippen molar-refractivity contribution in [1.29, 1.82) is 0 Å². The molecule has 1 unspecified atom stereocenters. The number of likely N-dealkylation sites (tertiary alicyclic amines) is 1. The minimum Gasteiger partial charge on any atom is -0.444 e. The summed E-state index contributed by atoms with van der Waals surface area (Å²) in [6, 6.07) is 10.6. The summed E-state index contributed by atoms with van der Waals surface area (Å²) >= 11 is 0. The Bertz CT molecular complexity index is 654. The van der Waals surface area contributed by atoms with E-state index in [4.69, 9.17) is 9.47 Å². The summed E-state index contributed by atoms with van der Waals surface area (Å²) in [5, 5.41) is 0. The van der Waals surface area contributed by atoms with Crippen LogP contribution in [0.4, 0.5) is 4.79 Å². The molecule has 0 saturated carbocycles. The maximum atomic E-state index is 12.5. The minimum atomic E-state index is -0.475.